The molecule has 6 heteroatoms. The lowest BCUT2D eigenvalue weighted by atomic mass is 10.3. The van der Waals surface area contributed by atoms with Gasteiger partial charge in [-0.25, -0.2) is 9.50 Å². The van der Waals surface area contributed by atoms with E-state index < -0.39 is 0 Å². The number of rotatable bonds is 3. The molecule has 4 rings (SSSR count). The van der Waals surface area contributed by atoms with Gasteiger partial charge < -0.3 is 9.64 Å². The Labute approximate surface area is 139 Å². The Morgan fingerprint density at radius 2 is 2.08 bits per heavy atom. The summed E-state index contributed by atoms with van der Waals surface area (Å²) >= 11 is 0. The first-order valence-electron chi connectivity index (χ1n) is 8.02. The molecule has 1 saturated heterocycles. The molecule has 0 radical (unpaired) electrons. The first kappa shape index (κ1) is 14.7. The third-order valence-electron chi connectivity index (χ3n) is 4.19. The highest BCUT2D eigenvalue weighted by Gasteiger charge is 2.30. The summed E-state index contributed by atoms with van der Waals surface area (Å²) in [7, 11) is 0. The molecule has 0 aliphatic carbocycles. The predicted octanol–water partition coefficient (Wildman–Crippen LogP) is 2.33. The van der Waals surface area contributed by atoms with Gasteiger partial charge in [0, 0.05) is 25.4 Å². The quantitative estimate of drug-likeness (QED) is 0.742. The van der Waals surface area contributed by atoms with Gasteiger partial charge in [-0.15, -0.1) is 0 Å². The number of ether oxygens (including phenoxy) is 1. The second-order valence-corrected chi connectivity index (χ2v) is 6.05. The first-order valence-corrected chi connectivity index (χ1v) is 8.02. The molecule has 0 unspecified atom stereocenters. The summed E-state index contributed by atoms with van der Waals surface area (Å²) in [6, 6.07) is 9.71. The van der Waals surface area contributed by atoms with Crippen molar-refractivity contribution in [1.29, 1.82) is 0 Å². The van der Waals surface area contributed by atoms with E-state index in [-0.39, 0.29) is 12.0 Å². The number of carbonyl (C=O) groups excluding carboxylic acids is 1. The molecule has 2 aromatic heterocycles. The summed E-state index contributed by atoms with van der Waals surface area (Å²) in [6.07, 6.45) is 6.05. The molecular weight excluding hydrogens is 304 g/mol. The van der Waals surface area contributed by atoms with Gasteiger partial charge in [0.05, 0.1) is 12.7 Å². The Kier molecular flexibility index (Phi) is 3.65. The highest BCUT2D eigenvalue weighted by Crippen LogP contribution is 2.20. The van der Waals surface area contributed by atoms with E-state index in [9.17, 15) is 4.79 Å². The van der Waals surface area contributed by atoms with E-state index >= 15 is 0 Å². The molecule has 0 spiro atoms. The number of hydrogen-bond donors (Lipinski definition) is 0. The van der Waals surface area contributed by atoms with Crippen LogP contribution in [0.25, 0.3) is 5.65 Å². The van der Waals surface area contributed by atoms with Gasteiger partial charge in [-0.3, -0.25) is 4.79 Å². The van der Waals surface area contributed by atoms with E-state index in [1.54, 1.807) is 16.9 Å². The molecule has 1 fully saturated rings. The van der Waals surface area contributed by atoms with Crippen LogP contribution in [0.1, 0.15) is 22.3 Å². The third kappa shape index (κ3) is 2.71. The average Bonchev–Trinajstić information content (AvgIpc) is 3.22. The molecule has 1 aromatic carbocycles. The lowest BCUT2D eigenvalue weighted by Crippen LogP contribution is -2.31. The molecule has 0 bridgehead atoms. The highest BCUT2D eigenvalue weighted by atomic mass is 16.5. The molecule has 3 heterocycles. The highest BCUT2D eigenvalue weighted by molar-refractivity contribution is 5.99. The summed E-state index contributed by atoms with van der Waals surface area (Å²) in [6.45, 7) is 3.21. The van der Waals surface area contributed by atoms with Crippen molar-refractivity contribution in [2.75, 3.05) is 13.1 Å². The van der Waals surface area contributed by atoms with Gasteiger partial charge in [-0.1, -0.05) is 18.2 Å². The minimum absolute atomic E-state index is 0.0217. The molecular formula is C18H18N4O2. The maximum absolute atomic E-state index is 12.8. The Morgan fingerprint density at radius 1 is 1.25 bits per heavy atom. The molecule has 6 nitrogen and oxygen atoms in total. The minimum Gasteiger partial charge on any atom is -0.489 e. The summed E-state index contributed by atoms with van der Waals surface area (Å²) in [5.41, 5.74) is 2.13. The van der Waals surface area contributed by atoms with Gasteiger partial charge in [-0.2, -0.15) is 5.10 Å². The maximum Gasteiger partial charge on any atom is 0.259 e. The van der Waals surface area contributed by atoms with Crippen LogP contribution in [0.5, 0.6) is 5.75 Å². The topological polar surface area (TPSA) is 59.7 Å². The van der Waals surface area contributed by atoms with E-state index in [0.29, 0.717) is 24.3 Å². The summed E-state index contributed by atoms with van der Waals surface area (Å²) in [5, 5.41) is 4.23. The molecule has 122 valence electrons. The van der Waals surface area contributed by atoms with Crippen molar-refractivity contribution in [2.24, 2.45) is 0 Å². The lowest BCUT2D eigenvalue weighted by Gasteiger charge is -2.16. The molecule has 24 heavy (non-hydrogen) atoms. The molecule has 0 N–H and O–H groups in total. The average molecular weight is 322 g/mol. The van der Waals surface area contributed by atoms with Crippen LogP contribution in [0, 0.1) is 6.92 Å². The van der Waals surface area contributed by atoms with Crippen molar-refractivity contribution < 1.29 is 9.53 Å². The number of carbonyl (C=O) groups is 1. The van der Waals surface area contributed by atoms with Gasteiger partial charge in [-0.05, 0) is 24.6 Å². The number of nitrogens with zero attached hydrogens (tertiary/aromatic N) is 4. The fraction of sp³-hybridized carbons (Fsp3) is 0.278. The summed E-state index contributed by atoms with van der Waals surface area (Å²) in [4.78, 5) is 18.9. The van der Waals surface area contributed by atoms with E-state index in [1.807, 2.05) is 48.4 Å². The van der Waals surface area contributed by atoms with Crippen LogP contribution in [0.2, 0.25) is 0 Å². The zero-order chi connectivity index (χ0) is 16.5. The van der Waals surface area contributed by atoms with E-state index in [4.69, 9.17) is 4.74 Å². The number of likely N-dealkylation sites (tertiary alicyclic amines) is 1. The SMILES string of the molecule is Cc1cnc2c(C(=O)N3CC[C@@H](Oc4ccccc4)C3)cnn2c1. The Morgan fingerprint density at radius 3 is 2.92 bits per heavy atom. The van der Waals surface area contributed by atoms with Gasteiger partial charge in [0.15, 0.2) is 5.65 Å². The van der Waals surface area contributed by atoms with E-state index in [1.165, 1.54) is 0 Å². The van der Waals surface area contributed by atoms with Crippen molar-refractivity contribution in [1.82, 2.24) is 19.5 Å². The summed E-state index contributed by atoms with van der Waals surface area (Å²) in [5.74, 6) is 0.797. The van der Waals surface area contributed by atoms with Crippen LogP contribution in [0.4, 0.5) is 0 Å². The normalized spacial score (nSPS) is 17.4. The number of aryl methyl sites for hydroxylation is 1. The van der Waals surface area contributed by atoms with Gasteiger partial charge in [0.1, 0.15) is 17.4 Å². The lowest BCUT2D eigenvalue weighted by molar-refractivity contribution is 0.0774. The van der Waals surface area contributed by atoms with Crippen LogP contribution in [-0.2, 0) is 0 Å². The Bertz CT molecular complexity index is 875. The number of amides is 1. The third-order valence-corrected chi connectivity index (χ3v) is 4.19. The fourth-order valence-electron chi connectivity index (χ4n) is 2.99. The Hall–Kier alpha value is -2.89. The number of benzene rings is 1. The molecule has 1 aliphatic rings. The van der Waals surface area contributed by atoms with Crippen LogP contribution in [-0.4, -0.2) is 44.6 Å². The predicted molar refractivity (Wildman–Crippen MR) is 89.1 cm³/mol. The van der Waals surface area contributed by atoms with Crippen molar-refractivity contribution in [3.63, 3.8) is 0 Å². The minimum atomic E-state index is -0.0412. The van der Waals surface area contributed by atoms with Crippen LogP contribution < -0.4 is 4.74 Å². The zero-order valence-corrected chi connectivity index (χ0v) is 13.4. The van der Waals surface area contributed by atoms with Crippen molar-refractivity contribution in [2.45, 2.75) is 19.4 Å². The number of hydrogen-bond acceptors (Lipinski definition) is 4. The van der Waals surface area contributed by atoms with Crippen molar-refractivity contribution in [3.8, 4) is 5.75 Å². The van der Waals surface area contributed by atoms with E-state index in [0.717, 1.165) is 17.7 Å². The monoisotopic (exact) mass is 322 g/mol. The molecule has 1 amide bonds. The Balaban J connectivity index is 1.49. The zero-order valence-electron chi connectivity index (χ0n) is 13.4. The van der Waals surface area contributed by atoms with Crippen LogP contribution in [0.3, 0.4) is 0 Å². The van der Waals surface area contributed by atoms with Crippen LogP contribution in [0.15, 0.2) is 48.9 Å². The standard InChI is InChI=1S/C18H18N4O2/c1-13-9-19-17-16(10-20-22(17)11-13)18(23)21-8-7-15(12-21)24-14-5-3-2-4-6-14/h2-6,9-11,15H,7-8,12H2,1H3/t15-/m1/s1. The maximum atomic E-state index is 12.8. The number of aromatic nitrogens is 3. The second kappa shape index (κ2) is 5.96. The van der Waals surface area contributed by atoms with Gasteiger partial charge in [0.25, 0.3) is 5.91 Å². The second-order valence-electron chi connectivity index (χ2n) is 6.05. The summed E-state index contributed by atoms with van der Waals surface area (Å²) < 4.78 is 7.60. The molecule has 3 aromatic rings. The molecule has 1 aliphatic heterocycles. The smallest absolute Gasteiger partial charge is 0.259 e. The fourth-order valence-corrected chi connectivity index (χ4v) is 2.99. The number of fused-ring (bicyclic) bond motifs is 1. The molecule has 0 saturated carbocycles. The van der Waals surface area contributed by atoms with Gasteiger partial charge in [0.2, 0.25) is 0 Å². The first-order chi connectivity index (χ1) is 11.7. The van der Waals surface area contributed by atoms with Crippen LogP contribution >= 0.6 is 0 Å². The molecule has 1 atom stereocenters. The van der Waals surface area contributed by atoms with E-state index in [2.05, 4.69) is 10.1 Å². The van der Waals surface area contributed by atoms with Gasteiger partial charge >= 0.3 is 0 Å². The number of para-hydroxylation sites is 1. The van der Waals surface area contributed by atoms with Crippen molar-refractivity contribution >= 4 is 11.6 Å². The largest absolute Gasteiger partial charge is 0.489 e. The van der Waals surface area contributed by atoms with Crippen molar-refractivity contribution in [3.05, 3.63) is 60.0 Å².